The Hall–Kier alpha value is -1.67. The van der Waals surface area contributed by atoms with E-state index in [1.807, 2.05) is 24.3 Å². The number of aliphatic hydroxyl groups excluding tert-OH is 1. The zero-order chi connectivity index (χ0) is 9.97. The first-order valence-corrected chi connectivity index (χ1v) is 4.46. The molecule has 2 heteroatoms. The predicted molar refractivity (Wildman–Crippen MR) is 56.9 cm³/mol. The van der Waals surface area contributed by atoms with E-state index in [-0.39, 0.29) is 0 Å². The van der Waals surface area contributed by atoms with Crippen LogP contribution in [0.25, 0.3) is 10.8 Å². The van der Waals surface area contributed by atoms with Gasteiger partial charge >= 0.3 is 0 Å². The molecule has 2 nitrogen and oxygen atoms in total. The Kier molecular flexibility index (Phi) is 2.29. The van der Waals surface area contributed by atoms with Crippen LogP contribution in [0.2, 0.25) is 0 Å². The maximum Gasteiger partial charge on any atom is 0.0990 e. The lowest BCUT2D eigenvalue weighted by atomic mass is 10.0. The van der Waals surface area contributed by atoms with Gasteiger partial charge in [0, 0.05) is 23.3 Å². The molecule has 0 aliphatic heterocycles. The lowest BCUT2D eigenvalue weighted by Crippen LogP contribution is -1.94. The van der Waals surface area contributed by atoms with Crippen LogP contribution in [0, 0.1) is 0 Å². The molecule has 70 valence electrons. The molecule has 0 bridgehead atoms. The highest BCUT2D eigenvalue weighted by Crippen LogP contribution is 2.23. The zero-order valence-electron chi connectivity index (χ0n) is 7.72. The minimum atomic E-state index is -0.645. The molecule has 0 saturated carbocycles. The third-order valence-corrected chi connectivity index (χ3v) is 2.24. The molecule has 1 aromatic carbocycles. The summed E-state index contributed by atoms with van der Waals surface area (Å²) in [6, 6.07) is 7.84. The highest BCUT2D eigenvalue weighted by Gasteiger charge is 2.06. The number of pyridine rings is 1. The van der Waals surface area contributed by atoms with Gasteiger partial charge in [-0.3, -0.25) is 4.98 Å². The smallest absolute Gasteiger partial charge is 0.0990 e. The summed E-state index contributed by atoms with van der Waals surface area (Å²) >= 11 is 0. The molecule has 0 saturated heterocycles. The van der Waals surface area contributed by atoms with Crippen LogP contribution in [-0.4, -0.2) is 10.1 Å². The third-order valence-electron chi connectivity index (χ3n) is 2.24. The third kappa shape index (κ3) is 1.40. The van der Waals surface area contributed by atoms with Crippen molar-refractivity contribution in [1.29, 1.82) is 0 Å². The summed E-state index contributed by atoms with van der Waals surface area (Å²) in [6.07, 6.45) is 4.32. The average Bonchev–Trinajstić information content (AvgIpc) is 2.27. The normalized spacial score (nSPS) is 12.6. The van der Waals surface area contributed by atoms with E-state index in [9.17, 15) is 5.11 Å². The fraction of sp³-hybridized carbons (Fsp3) is 0.0833. The summed E-state index contributed by atoms with van der Waals surface area (Å²) < 4.78 is 0. The van der Waals surface area contributed by atoms with Crippen molar-refractivity contribution in [1.82, 2.24) is 4.98 Å². The van der Waals surface area contributed by atoms with E-state index < -0.39 is 6.10 Å². The molecule has 2 aromatic rings. The maximum atomic E-state index is 9.67. The monoisotopic (exact) mass is 185 g/mol. The van der Waals surface area contributed by atoms with Crippen LogP contribution in [0.15, 0.2) is 49.3 Å². The van der Waals surface area contributed by atoms with Gasteiger partial charge in [-0.1, -0.05) is 30.3 Å². The van der Waals surface area contributed by atoms with E-state index >= 15 is 0 Å². The summed E-state index contributed by atoms with van der Waals surface area (Å²) in [7, 11) is 0. The highest BCUT2D eigenvalue weighted by molar-refractivity contribution is 5.85. The standard InChI is InChI=1S/C12H11NO/c1-2-12(14)11-8-13-7-9-5-3-4-6-10(9)11/h2-8,12,14H,1H2. The molecule has 0 spiro atoms. The molecule has 1 aromatic heterocycles. The van der Waals surface area contributed by atoms with E-state index in [1.165, 1.54) is 6.08 Å². The second-order valence-corrected chi connectivity index (χ2v) is 3.13. The number of fused-ring (bicyclic) bond motifs is 1. The number of benzene rings is 1. The second-order valence-electron chi connectivity index (χ2n) is 3.13. The molecular formula is C12H11NO. The van der Waals surface area contributed by atoms with Crippen molar-refractivity contribution < 1.29 is 5.11 Å². The zero-order valence-corrected chi connectivity index (χ0v) is 7.72. The van der Waals surface area contributed by atoms with Crippen molar-refractivity contribution in [2.45, 2.75) is 6.10 Å². The van der Waals surface area contributed by atoms with Crippen LogP contribution in [0.4, 0.5) is 0 Å². The number of hydrogen-bond donors (Lipinski definition) is 1. The molecule has 0 fully saturated rings. The molecule has 0 radical (unpaired) electrons. The van der Waals surface area contributed by atoms with Crippen molar-refractivity contribution in [3.05, 3.63) is 54.9 Å². The first-order valence-electron chi connectivity index (χ1n) is 4.46. The summed E-state index contributed by atoms with van der Waals surface area (Å²) in [5.41, 5.74) is 0.804. The number of rotatable bonds is 2. The van der Waals surface area contributed by atoms with Gasteiger partial charge < -0.3 is 5.11 Å². The highest BCUT2D eigenvalue weighted by atomic mass is 16.3. The molecule has 1 N–H and O–H groups in total. The summed E-state index contributed by atoms with van der Waals surface area (Å²) in [5.74, 6) is 0. The Balaban J connectivity index is 2.70. The Morgan fingerprint density at radius 1 is 1.29 bits per heavy atom. The van der Waals surface area contributed by atoms with Gasteiger partial charge in [-0.2, -0.15) is 0 Å². The molecule has 1 atom stereocenters. The predicted octanol–water partition coefficient (Wildman–Crippen LogP) is 2.45. The van der Waals surface area contributed by atoms with Crippen LogP contribution >= 0.6 is 0 Å². The molecule has 1 unspecified atom stereocenters. The van der Waals surface area contributed by atoms with Crippen molar-refractivity contribution in [3.63, 3.8) is 0 Å². The van der Waals surface area contributed by atoms with Gasteiger partial charge in [0.2, 0.25) is 0 Å². The van der Waals surface area contributed by atoms with Gasteiger partial charge in [-0.05, 0) is 5.39 Å². The number of aliphatic hydroxyl groups is 1. The number of aromatic nitrogens is 1. The fourth-order valence-corrected chi connectivity index (χ4v) is 1.50. The largest absolute Gasteiger partial charge is 0.384 e. The molecule has 0 aliphatic carbocycles. The van der Waals surface area contributed by atoms with E-state index in [4.69, 9.17) is 0 Å². The minimum absolute atomic E-state index is 0.645. The average molecular weight is 185 g/mol. The van der Waals surface area contributed by atoms with Gasteiger partial charge in [-0.25, -0.2) is 0 Å². The topological polar surface area (TPSA) is 33.1 Å². The maximum absolute atomic E-state index is 9.67. The van der Waals surface area contributed by atoms with E-state index in [2.05, 4.69) is 11.6 Å². The quantitative estimate of drug-likeness (QED) is 0.729. The number of nitrogens with zero attached hydrogens (tertiary/aromatic N) is 1. The molecular weight excluding hydrogens is 174 g/mol. The van der Waals surface area contributed by atoms with E-state index in [0.717, 1.165) is 16.3 Å². The molecule has 0 aliphatic rings. The van der Waals surface area contributed by atoms with E-state index in [1.54, 1.807) is 12.4 Å². The van der Waals surface area contributed by atoms with Crippen LogP contribution in [0.5, 0.6) is 0 Å². The second kappa shape index (κ2) is 3.60. The lowest BCUT2D eigenvalue weighted by molar-refractivity contribution is 0.230. The van der Waals surface area contributed by atoms with Crippen molar-refractivity contribution >= 4 is 10.8 Å². The Morgan fingerprint density at radius 3 is 2.86 bits per heavy atom. The SMILES string of the molecule is C=CC(O)c1cncc2ccccc12. The van der Waals surface area contributed by atoms with Gasteiger partial charge in [0.1, 0.15) is 0 Å². The minimum Gasteiger partial charge on any atom is -0.384 e. The fourth-order valence-electron chi connectivity index (χ4n) is 1.50. The van der Waals surface area contributed by atoms with Gasteiger partial charge in [-0.15, -0.1) is 6.58 Å². The van der Waals surface area contributed by atoms with Gasteiger partial charge in [0.05, 0.1) is 6.10 Å². The summed E-state index contributed by atoms with van der Waals surface area (Å²) in [5, 5.41) is 11.7. The van der Waals surface area contributed by atoms with Crippen molar-refractivity contribution in [2.24, 2.45) is 0 Å². The van der Waals surface area contributed by atoms with Crippen LogP contribution < -0.4 is 0 Å². The first kappa shape index (κ1) is 8.91. The van der Waals surface area contributed by atoms with Crippen LogP contribution in [0.3, 0.4) is 0 Å². The summed E-state index contributed by atoms with van der Waals surface area (Å²) in [6.45, 7) is 3.57. The van der Waals surface area contributed by atoms with Gasteiger partial charge in [0.15, 0.2) is 0 Å². The van der Waals surface area contributed by atoms with Crippen LogP contribution in [-0.2, 0) is 0 Å². The van der Waals surface area contributed by atoms with Crippen molar-refractivity contribution in [2.75, 3.05) is 0 Å². The van der Waals surface area contributed by atoms with Crippen LogP contribution in [0.1, 0.15) is 11.7 Å². The Labute approximate surface area is 82.5 Å². The molecule has 14 heavy (non-hydrogen) atoms. The summed E-state index contributed by atoms with van der Waals surface area (Å²) in [4.78, 5) is 4.07. The molecule has 2 rings (SSSR count). The lowest BCUT2D eigenvalue weighted by Gasteiger charge is -2.08. The van der Waals surface area contributed by atoms with Gasteiger partial charge in [0.25, 0.3) is 0 Å². The van der Waals surface area contributed by atoms with Crippen molar-refractivity contribution in [3.8, 4) is 0 Å². The number of hydrogen-bond acceptors (Lipinski definition) is 2. The Morgan fingerprint density at radius 2 is 2.07 bits per heavy atom. The molecule has 1 heterocycles. The first-order chi connectivity index (χ1) is 6.83. The Bertz CT molecular complexity index is 459. The van der Waals surface area contributed by atoms with E-state index in [0.29, 0.717) is 0 Å². The molecule has 0 amide bonds.